The quantitative estimate of drug-likeness (QED) is 0.575. The van der Waals surface area contributed by atoms with Crippen LogP contribution in [0.4, 0.5) is 0 Å². The van der Waals surface area contributed by atoms with Gasteiger partial charge in [0.1, 0.15) is 4.90 Å². The minimum Gasteiger partial charge on any atom is -0.396 e. The molecule has 0 aliphatic heterocycles. The second-order valence-electron chi connectivity index (χ2n) is 5.29. The molecule has 0 amide bonds. The van der Waals surface area contributed by atoms with E-state index in [1.54, 1.807) is 0 Å². The molecule has 1 saturated carbocycles. The lowest BCUT2D eigenvalue weighted by atomic mass is 10.4. The molecule has 1 fully saturated rings. The Hall–Kier alpha value is -0.960. The Morgan fingerprint density at radius 1 is 1.43 bits per heavy atom. The van der Waals surface area contributed by atoms with Crippen LogP contribution < -0.4 is 4.72 Å². The predicted molar refractivity (Wildman–Crippen MR) is 77.3 cm³/mol. The number of aryl methyl sites for hydroxylation is 1. The molecule has 2 N–H and O–H groups in total. The van der Waals surface area contributed by atoms with Crippen LogP contribution in [-0.4, -0.2) is 49.7 Å². The molecule has 0 atom stereocenters. The van der Waals surface area contributed by atoms with Gasteiger partial charge in [-0.1, -0.05) is 0 Å². The third-order valence-electron chi connectivity index (χ3n) is 3.27. The topological polar surface area (TPSA) is 93.5 Å². The zero-order chi connectivity index (χ0) is 15.1. The summed E-state index contributed by atoms with van der Waals surface area (Å²) in [7, 11) is -3.51. The Morgan fingerprint density at radius 3 is 2.95 bits per heavy atom. The number of ether oxygens (including phenoxy) is 1. The van der Waals surface area contributed by atoms with Crippen LogP contribution in [0.5, 0.6) is 0 Å². The summed E-state index contributed by atoms with van der Waals surface area (Å²) in [4.78, 5) is 0.152. The Balaban J connectivity index is 1.68. The maximum Gasteiger partial charge on any atom is 0.243 e. The van der Waals surface area contributed by atoms with Gasteiger partial charge < -0.3 is 9.84 Å². The normalized spacial score (nSPS) is 15.5. The number of aliphatic hydroxyl groups is 1. The summed E-state index contributed by atoms with van der Waals surface area (Å²) in [6.45, 7) is 2.29. The van der Waals surface area contributed by atoms with Crippen LogP contribution in [0.25, 0.3) is 0 Å². The number of hydrogen-bond donors (Lipinski definition) is 2. The number of aromatic nitrogens is 2. The van der Waals surface area contributed by atoms with E-state index in [2.05, 4.69) is 9.82 Å². The van der Waals surface area contributed by atoms with Crippen molar-refractivity contribution in [3.05, 3.63) is 12.4 Å². The van der Waals surface area contributed by atoms with Gasteiger partial charge in [0.05, 0.1) is 6.20 Å². The molecule has 21 heavy (non-hydrogen) atoms. The summed E-state index contributed by atoms with van der Waals surface area (Å²) in [6, 6.07) is 0. The zero-order valence-electron chi connectivity index (χ0n) is 12.1. The summed E-state index contributed by atoms with van der Waals surface area (Å²) in [5, 5.41) is 12.7. The summed E-state index contributed by atoms with van der Waals surface area (Å²) in [5.41, 5.74) is 0. The first-order valence-corrected chi connectivity index (χ1v) is 8.81. The van der Waals surface area contributed by atoms with Crippen molar-refractivity contribution in [1.29, 1.82) is 0 Å². The highest BCUT2D eigenvalue weighted by Crippen LogP contribution is 2.28. The highest BCUT2D eigenvalue weighted by molar-refractivity contribution is 7.89. The molecule has 1 aromatic heterocycles. The van der Waals surface area contributed by atoms with Gasteiger partial charge in [0.2, 0.25) is 10.0 Å². The van der Waals surface area contributed by atoms with E-state index < -0.39 is 10.0 Å². The molecule has 0 saturated heterocycles. The second-order valence-corrected chi connectivity index (χ2v) is 7.05. The van der Waals surface area contributed by atoms with Crippen molar-refractivity contribution in [1.82, 2.24) is 14.5 Å². The van der Waals surface area contributed by atoms with E-state index >= 15 is 0 Å². The Kier molecular flexibility index (Phi) is 6.16. The van der Waals surface area contributed by atoms with Crippen molar-refractivity contribution >= 4 is 10.0 Å². The van der Waals surface area contributed by atoms with Crippen LogP contribution in [0.3, 0.4) is 0 Å². The van der Waals surface area contributed by atoms with Crippen LogP contribution in [-0.2, 0) is 21.3 Å². The SMILES string of the molecule is O=S(=O)(NCCCOCC1CC1)c1cnn(CCCO)c1. The van der Waals surface area contributed by atoms with Gasteiger partial charge in [-0.05, 0) is 31.6 Å². The van der Waals surface area contributed by atoms with E-state index in [0.717, 1.165) is 12.5 Å². The fraction of sp³-hybridized carbons (Fsp3) is 0.769. The molecule has 0 bridgehead atoms. The highest BCUT2D eigenvalue weighted by Gasteiger charge is 2.21. The largest absolute Gasteiger partial charge is 0.396 e. The van der Waals surface area contributed by atoms with Gasteiger partial charge in [0, 0.05) is 39.1 Å². The first-order chi connectivity index (χ1) is 10.1. The monoisotopic (exact) mass is 317 g/mol. The number of sulfonamides is 1. The standard InChI is InChI=1S/C13H23N3O4S/c17-7-2-6-16-10-13(9-14-16)21(18,19)15-5-1-8-20-11-12-3-4-12/h9-10,12,15,17H,1-8,11H2. The molecule has 1 aromatic rings. The average Bonchev–Trinajstić information content (AvgIpc) is 3.15. The van der Waals surface area contributed by atoms with E-state index in [9.17, 15) is 8.42 Å². The molecule has 0 radical (unpaired) electrons. The number of rotatable bonds is 11. The van der Waals surface area contributed by atoms with Crippen molar-refractivity contribution in [2.75, 3.05) is 26.4 Å². The van der Waals surface area contributed by atoms with Gasteiger partial charge in [-0.3, -0.25) is 4.68 Å². The van der Waals surface area contributed by atoms with E-state index in [4.69, 9.17) is 9.84 Å². The molecule has 2 rings (SSSR count). The van der Waals surface area contributed by atoms with Crippen LogP contribution in [0.1, 0.15) is 25.7 Å². The Labute approximate surface area is 125 Å². The third-order valence-corrected chi connectivity index (χ3v) is 4.69. The first kappa shape index (κ1) is 16.4. The molecule has 1 aliphatic rings. The molecular formula is C13H23N3O4S. The van der Waals surface area contributed by atoms with Crippen molar-refractivity contribution in [2.45, 2.75) is 37.1 Å². The highest BCUT2D eigenvalue weighted by atomic mass is 32.2. The smallest absolute Gasteiger partial charge is 0.243 e. The van der Waals surface area contributed by atoms with Crippen molar-refractivity contribution < 1.29 is 18.3 Å². The lowest BCUT2D eigenvalue weighted by Crippen LogP contribution is -2.25. The van der Waals surface area contributed by atoms with Gasteiger partial charge in [-0.25, -0.2) is 13.1 Å². The van der Waals surface area contributed by atoms with Gasteiger partial charge in [0.15, 0.2) is 0 Å². The van der Waals surface area contributed by atoms with Crippen molar-refractivity contribution in [3.8, 4) is 0 Å². The third kappa shape index (κ3) is 5.74. The van der Waals surface area contributed by atoms with Gasteiger partial charge >= 0.3 is 0 Å². The molecule has 1 aliphatic carbocycles. The molecule has 0 aromatic carbocycles. The Bertz CT molecular complexity index is 525. The van der Waals surface area contributed by atoms with Crippen LogP contribution >= 0.6 is 0 Å². The van der Waals surface area contributed by atoms with E-state index in [0.29, 0.717) is 32.5 Å². The fourth-order valence-corrected chi connectivity index (χ4v) is 2.86. The van der Waals surface area contributed by atoms with Crippen LogP contribution in [0.15, 0.2) is 17.3 Å². The maximum atomic E-state index is 12.0. The average molecular weight is 317 g/mol. The van der Waals surface area contributed by atoms with E-state index in [1.165, 1.54) is 29.9 Å². The van der Waals surface area contributed by atoms with Crippen LogP contribution in [0.2, 0.25) is 0 Å². The van der Waals surface area contributed by atoms with Gasteiger partial charge in [-0.15, -0.1) is 0 Å². The number of nitrogens with zero attached hydrogens (tertiary/aromatic N) is 2. The molecule has 1 heterocycles. The molecule has 8 heteroatoms. The zero-order valence-corrected chi connectivity index (χ0v) is 12.9. The molecular weight excluding hydrogens is 294 g/mol. The van der Waals surface area contributed by atoms with E-state index in [1.807, 2.05) is 0 Å². The molecule has 7 nitrogen and oxygen atoms in total. The van der Waals surface area contributed by atoms with E-state index in [-0.39, 0.29) is 11.5 Å². The first-order valence-electron chi connectivity index (χ1n) is 7.32. The lowest BCUT2D eigenvalue weighted by Gasteiger charge is -2.05. The summed E-state index contributed by atoms with van der Waals surface area (Å²) < 4.78 is 33.5. The van der Waals surface area contributed by atoms with Crippen LogP contribution in [0, 0.1) is 5.92 Å². The number of hydrogen-bond acceptors (Lipinski definition) is 5. The second kappa shape index (κ2) is 7.88. The van der Waals surface area contributed by atoms with Crippen molar-refractivity contribution in [3.63, 3.8) is 0 Å². The molecule has 0 spiro atoms. The predicted octanol–water partition coefficient (Wildman–Crippen LogP) is 0.360. The lowest BCUT2D eigenvalue weighted by molar-refractivity contribution is 0.123. The maximum absolute atomic E-state index is 12.0. The van der Waals surface area contributed by atoms with Crippen molar-refractivity contribution in [2.24, 2.45) is 5.92 Å². The summed E-state index contributed by atoms with van der Waals surface area (Å²) in [6.07, 6.45) is 6.52. The molecule has 120 valence electrons. The minimum atomic E-state index is -3.51. The van der Waals surface area contributed by atoms with Gasteiger partial charge in [-0.2, -0.15) is 5.10 Å². The number of aliphatic hydroxyl groups excluding tert-OH is 1. The summed E-state index contributed by atoms with van der Waals surface area (Å²) in [5.74, 6) is 0.728. The Morgan fingerprint density at radius 2 is 2.24 bits per heavy atom. The van der Waals surface area contributed by atoms with Gasteiger partial charge in [0.25, 0.3) is 0 Å². The molecule has 0 unspecified atom stereocenters. The minimum absolute atomic E-state index is 0.0566. The number of nitrogens with one attached hydrogen (secondary N) is 1. The summed E-state index contributed by atoms with van der Waals surface area (Å²) >= 11 is 0. The fourth-order valence-electron chi connectivity index (χ4n) is 1.84.